The largest absolute Gasteiger partial charge is 0.508 e. The van der Waals surface area contributed by atoms with Gasteiger partial charge in [0.05, 0.1) is 26.2 Å². The van der Waals surface area contributed by atoms with Gasteiger partial charge < -0.3 is 25.0 Å². The Hall–Kier alpha value is -4.57. The summed E-state index contributed by atoms with van der Waals surface area (Å²) in [6, 6.07) is 22.3. The Morgan fingerprint density at radius 3 is 2.32 bits per heavy atom. The second-order valence-electron chi connectivity index (χ2n) is 10.4. The number of likely N-dealkylation sites (N-methyl/N-ethyl adjacent to an activating group) is 1. The number of phenols is 1. The average Bonchev–Trinajstić information content (AvgIpc) is 2.98. The molecule has 0 spiro atoms. The number of benzene rings is 3. The summed E-state index contributed by atoms with van der Waals surface area (Å²) in [7, 11) is 3.31. The number of aromatic hydroxyl groups is 1. The van der Waals surface area contributed by atoms with Crippen LogP contribution in [0.4, 0.5) is 4.79 Å². The molecule has 5 rings (SSSR count). The van der Waals surface area contributed by atoms with E-state index in [0.29, 0.717) is 0 Å². The van der Waals surface area contributed by atoms with Crippen molar-refractivity contribution in [3.63, 3.8) is 0 Å². The van der Waals surface area contributed by atoms with E-state index in [1.807, 2.05) is 61.5 Å². The Morgan fingerprint density at radius 2 is 1.66 bits per heavy atom. The van der Waals surface area contributed by atoms with E-state index in [2.05, 4.69) is 5.32 Å². The van der Waals surface area contributed by atoms with Crippen molar-refractivity contribution in [1.82, 2.24) is 25.1 Å². The van der Waals surface area contributed by atoms with E-state index in [1.165, 1.54) is 0 Å². The summed E-state index contributed by atoms with van der Waals surface area (Å²) in [4.78, 5) is 44.6. The molecule has 4 amide bonds. The van der Waals surface area contributed by atoms with Gasteiger partial charge in [0.1, 0.15) is 23.7 Å². The van der Waals surface area contributed by atoms with Gasteiger partial charge in [-0.1, -0.05) is 54.6 Å². The number of urea groups is 1. The van der Waals surface area contributed by atoms with Gasteiger partial charge in [-0.15, -0.1) is 0 Å². The summed E-state index contributed by atoms with van der Waals surface area (Å²) in [5.74, 6) is 0.448. The van der Waals surface area contributed by atoms with Crippen LogP contribution in [0.1, 0.15) is 29.7 Å². The Kier molecular flexibility index (Phi) is 8.11. The van der Waals surface area contributed by atoms with E-state index >= 15 is 0 Å². The standard InChI is InChI=1S/C31H35N5O5/c1-21(24-7-5-4-6-8-24)34-19-28-35(27(30(34)39)17-22-9-13-25(37)14-10-22)29(38)20-33(2)36(28)31(40)32-18-23-11-15-26(41-3)16-12-23/h4-16,21,27-28,37H,17-20H2,1-3H3,(H,32,40)/t21-,27-,28-/m0/s1. The molecule has 0 aliphatic carbocycles. The number of hydrazine groups is 1. The molecule has 0 radical (unpaired) electrons. The smallest absolute Gasteiger partial charge is 0.334 e. The lowest BCUT2D eigenvalue weighted by Gasteiger charge is -2.55. The van der Waals surface area contributed by atoms with Crippen LogP contribution in [0.15, 0.2) is 78.9 Å². The SMILES string of the molecule is COc1ccc(CNC(=O)N2[C@H]3CN([C@@H](C)c4ccccc4)C(=O)[C@H](Cc4ccc(O)cc4)N3C(=O)CN2C)cc1. The first-order valence-electron chi connectivity index (χ1n) is 13.6. The molecule has 2 aliphatic heterocycles. The highest BCUT2D eigenvalue weighted by Crippen LogP contribution is 2.32. The number of hydrogen-bond acceptors (Lipinski definition) is 6. The molecule has 10 nitrogen and oxygen atoms in total. The molecular weight excluding hydrogens is 522 g/mol. The van der Waals surface area contributed by atoms with E-state index in [1.54, 1.807) is 58.2 Å². The normalized spacial score (nSPS) is 20.0. The van der Waals surface area contributed by atoms with Gasteiger partial charge in [-0.2, -0.15) is 0 Å². The first-order valence-corrected chi connectivity index (χ1v) is 13.6. The van der Waals surface area contributed by atoms with Gasteiger partial charge in [-0.05, 0) is 47.9 Å². The fourth-order valence-electron chi connectivity index (χ4n) is 5.58. The van der Waals surface area contributed by atoms with Gasteiger partial charge in [0.2, 0.25) is 11.8 Å². The maximum Gasteiger partial charge on any atom is 0.334 e. The van der Waals surface area contributed by atoms with Crippen molar-refractivity contribution in [3.05, 3.63) is 95.6 Å². The molecule has 2 N–H and O–H groups in total. The lowest BCUT2D eigenvalue weighted by atomic mass is 9.96. The number of phenolic OH excluding ortho intramolecular Hbond substituents is 1. The van der Waals surface area contributed by atoms with E-state index < -0.39 is 12.2 Å². The van der Waals surface area contributed by atoms with Gasteiger partial charge in [0.25, 0.3) is 0 Å². The molecule has 0 saturated carbocycles. The fraction of sp³-hybridized carbons (Fsp3) is 0.323. The number of ether oxygens (including phenoxy) is 1. The van der Waals surface area contributed by atoms with Crippen LogP contribution in [0.2, 0.25) is 0 Å². The Labute approximate surface area is 239 Å². The van der Waals surface area contributed by atoms with Gasteiger partial charge in [0.15, 0.2) is 0 Å². The number of nitrogens with one attached hydrogen (secondary N) is 1. The van der Waals surface area contributed by atoms with Gasteiger partial charge in [-0.25, -0.2) is 14.8 Å². The summed E-state index contributed by atoms with van der Waals surface area (Å²) >= 11 is 0. The minimum absolute atomic E-state index is 0.0416. The molecule has 0 bridgehead atoms. The van der Waals surface area contributed by atoms with Crippen molar-refractivity contribution in [3.8, 4) is 11.5 Å². The first-order chi connectivity index (χ1) is 19.8. The number of nitrogens with zero attached hydrogens (tertiary/aromatic N) is 4. The third kappa shape index (κ3) is 5.83. The van der Waals surface area contributed by atoms with E-state index in [-0.39, 0.29) is 55.7 Å². The zero-order valence-electron chi connectivity index (χ0n) is 23.4. The summed E-state index contributed by atoms with van der Waals surface area (Å²) in [6.45, 7) is 2.36. The van der Waals surface area contributed by atoms with Crippen LogP contribution in [0, 0.1) is 0 Å². The molecule has 2 saturated heterocycles. The van der Waals surface area contributed by atoms with Crippen molar-refractivity contribution in [1.29, 1.82) is 0 Å². The number of hydrogen-bond donors (Lipinski definition) is 2. The van der Waals surface area contributed by atoms with Crippen molar-refractivity contribution in [2.45, 2.75) is 38.1 Å². The Bertz CT molecular complexity index is 1380. The van der Waals surface area contributed by atoms with Crippen LogP contribution in [0.5, 0.6) is 11.5 Å². The second-order valence-corrected chi connectivity index (χ2v) is 10.4. The van der Waals surface area contributed by atoms with Crippen molar-refractivity contribution < 1.29 is 24.2 Å². The molecule has 2 aliphatic rings. The van der Waals surface area contributed by atoms with Gasteiger partial charge in [-0.3, -0.25) is 9.59 Å². The molecule has 10 heteroatoms. The number of carbonyl (C=O) groups is 3. The molecule has 0 aromatic heterocycles. The zero-order chi connectivity index (χ0) is 29.1. The molecule has 41 heavy (non-hydrogen) atoms. The Morgan fingerprint density at radius 1 is 1.00 bits per heavy atom. The van der Waals surface area contributed by atoms with Crippen LogP contribution in [0.3, 0.4) is 0 Å². The topological polar surface area (TPSA) is 106 Å². The third-order valence-corrected chi connectivity index (χ3v) is 7.81. The van der Waals surface area contributed by atoms with Crippen LogP contribution in [-0.2, 0) is 22.6 Å². The van der Waals surface area contributed by atoms with Gasteiger partial charge in [0, 0.05) is 20.0 Å². The third-order valence-electron chi connectivity index (χ3n) is 7.81. The minimum atomic E-state index is -0.817. The molecule has 3 aromatic rings. The number of methoxy groups -OCH3 is 1. The quantitative estimate of drug-likeness (QED) is 0.463. The van der Waals surface area contributed by atoms with Crippen LogP contribution in [0.25, 0.3) is 0 Å². The number of piperazine rings is 1. The van der Waals surface area contributed by atoms with E-state index in [0.717, 1.165) is 22.4 Å². The summed E-state index contributed by atoms with van der Waals surface area (Å²) < 4.78 is 5.22. The highest BCUT2D eigenvalue weighted by atomic mass is 16.5. The molecule has 3 atom stereocenters. The number of carbonyl (C=O) groups excluding carboxylic acids is 3. The van der Waals surface area contributed by atoms with E-state index in [9.17, 15) is 19.5 Å². The lowest BCUT2D eigenvalue weighted by molar-refractivity contribution is -0.189. The van der Waals surface area contributed by atoms with Crippen LogP contribution in [-0.4, -0.2) is 82.2 Å². The van der Waals surface area contributed by atoms with Gasteiger partial charge >= 0.3 is 6.03 Å². The fourth-order valence-corrected chi connectivity index (χ4v) is 5.58. The monoisotopic (exact) mass is 557 g/mol. The molecule has 0 unspecified atom stereocenters. The highest BCUT2D eigenvalue weighted by Gasteiger charge is 2.51. The molecule has 3 aromatic carbocycles. The number of amides is 4. The molecule has 2 heterocycles. The average molecular weight is 558 g/mol. The maximum atomic E-state index is 14.1. The highest BCUT2D eigenvalue weighted by molar-refractivity contribution is 5.92. The summed E-state index contributed by atoms with van der Waals surface area (Å²) in [6.07, 6.45) is -0.451. The Balaban J connectivity index is 1.45. The zero-order valence-corrected chi connectivity index (χ0v) is 23.4. The van der Waals surface area contributed by atoms with Crippen molar-refractivity contribution in [2.75, 3.05) is 27.2 Å². The van der Waals surface area contributed by atoms with E-state index in [4.69, 9.17) is 4.74 Å². The predicted octanol–water partition coefficient (Wildman–Crippen LogP) is 3.14. The molecular formula is C31H35N5O5. The summed E-state index contributed by atoms with van der Waals surface area (Å²) in [5.41, 5.74) is 2.66. The predicted molar refractivity (Wildman–Crippen MR) is 153 cm³/mol. The number of rotatable bonds is 7. The second kappa shape index (κ2) is 11.9. The van der Waals surface area contributed by atoms with Crippen molar-refractivity contribution in [2.24, 2.45) is 0 Å². The maximum absolute atomic E-state index is 14.1. The first kappa shape index (κ1) is 28.0. The molecule has 2 fully saturated rings. The summed E-state index contributed by atoms with van der Waals surface area (Å²) in [5, 5.41) is 15.9. The number of fused-ring (bicyclic) bond motifs is 1. The van der Waals surface area contributed by atoms with Crippen LogP contribution >= 0.6 is 0 Å². The minimum Gasteiger partial charge on any atom is -0.508 e. The molecule has 214 valence electrons. The van der Waals surface area contributed by atoms with Crippen LogP contribution < -0.4 is 10.1 Å². The lowest BCUT2D eigenvalue weighted by Crippen LogP contribution is -2.76. The van der Waals surface area contributed by atoms with Crippen molar-refractivity contribution >= 4 is 17.8 Å².